The van der Waals surface area contributed by atoms with Crippen molar-refractivity contribution in [2.75, 3.05) is 12.4 Å². The molecule has 1 rings (SSSR count). The zero-order valence-corrected chi connectivity index (χ0v) is 10.0. The van der Waals surface area contributed by atoms with Crippen LogP contribution < -0.4 is 5.32 Å². The van der Waals surface area contributed by atoms with Gasteiger partial charge in [-0.2, -0.15) is 5.10 Å². The normalized spacial score (nSPS) is 10.8. The molecule has 1 heterocycles. The summed E-state index contributed by atoms with van der Waals surface area (Å²) in [6.07, 6.45) is 5.08. The summed E-state index contributed by atoms with van der Waals surface area (Å²) in [7, 11) is 0. The third-order valence-electron chi connectivity index (χ3n) is 2.27. The molecule has 0 bridgehead atoms. The van der Waals surface area contributed by atoms with Gasteiger partial charge in [-0.05, 0) is 26.3 Å². The van der Waals surface area contributed by atoms with E-state index in [-0.39, 0.29) is 0 Å². The first kappa shape index (κ1) is 12.5. The molecule has 0 spiro atoms. The van der Waals surface area contributed by atoms with E-state index >= 15 is 0 Å². The second kappa shape index (κ2) is 7.65. The van der Waals surface area contributed by atoms with Gasteiger partial charge >= 0.3 is 0 Å². The molecule has 0 amide bonds. The molecule has 86 valence electrons. The molecule has 0 aliphatic carbocycles. The molecule has 1 aromatic heterocycles. The van der Waals surface area contributed by atoms with Gasteiger partial charge in [0, 0.05) is 12.4 Å². The number of nitrogens with zero attached hydrogens (tertiary/aromatic N) is 3. The average Bonchev–Trinajstić information content (AvgIpc) is 2.70. The summed E-state index contributed by atoms with van der Waals surface area (Å²) in [5.41, 5.74) is 0. The van der Waals surface area contributed by atoms with Crippen LogP contribution in [0.4, 0.5) is 0 Å². The van der Waals surface area contributed by atoms with Gasteiger partial charge in [-0.15, -0.1) is 11.6 Å². The number of alkyl halides is 1. The minimum absolute atomic E-state index is 0.768. The van der Waals surface area contributed by atoms with E-state index in [1.54, 1.807) is 6.33 Å². The molecule has 0 saturated heterocycles. The van der Waals surface area contributed by atoms with Crippen molar-refractivity contribution in [2.24, 2.45) is 0 Å². The summed E-state index contributed by atoms with van der Waals surface area (Å²) in [5.74, 6) is 1.78. The quantitative estimate of drug-likeness (QED) is 0.547. The zero-order valence-electron chi connectivity index (χ0n) is 9.25. The van der Waals surface area contributed by atoms with Crippen LogP contribution in [-0.4, -0.2) is 27.2 Å². The minimum Gasteiger partial charge on any atom is -0.310 e. The van der Waals surface area contributed by atoms with Crippen LogP contribution in [-0.2, 0) is 13.1 Å². The summed E-state index contributed by atoms with van der Waals surface area (Å²) in [4.78, 5) is 4.19. The van der Waals surface area contributed by atoms with E-state index in [1.807, 2.05) is 4.68 Å². The fourth-order valence-corrected chi connectivity index (χ4v) is 1.60. The predicted octanol–water partition coefficient (Wildman–Crippen LogP) is 1.80. The summed E-state index contributed by atoms with van der Waals surface area (Å²) < 4.78 is 1.91. The molecule has 4 nitrogen and oxygen atoms in total. The maximum atomic E-state index is 5.59. The molecule has 0 aliphatic heterocycles. The Labute approximate surface area is 96.0 Å². The predicted molar refractivity (Wildman–Crippen MR) is 62.0 cm³/mol. The Kier molecular flexibility index (Phi) is 6.36. The lowest BCUT2D eigenvalue weighted by molar-refractivity contribution is 0.556. The van der Waals surface area contributed by atoms with Crippen LogP contribution in [0.1, 0.15) is 32.0 Å². The number of hydrogen-bond donors (Lipinski definition) is 1. The van der Waals surface area contributed by atoms with Crippen LogP contribution in [0.5, 0.6) is 0 Å². The number of nitrogens with one attached hydrogen (secondary N) is 1. The van der Waals surface area contributed by atoms with Gasteiger partial charge < -0.3 is 5.32 Å². The van der Waals surface area contributed by atoms with Crippen LogP contribution in [0, 0.1) is 0 Å². The summed E-state index contributed by atoms with van der Waals surface area (Å²) >= 11 is 5.59. The molecule has 0 saturated carbocycles. The highest BCUT2D eigenvalue weighted by molar-refractivity contribution is 6.17. The van der Waals surface area contributed by atoms with Crippen molar-refractivity contribution < 1.29 is 0 Å². The van der Waals surface area contributed by atoms with Crippen molar-refractivity contribution in [3.63, 3.8) is 0 Å². The van der Waals surface area contributed by atoms with Crippen molar-refractivity contribution in [1.82, 2.24) is 20.1 Å². The molecular formula is C10H19ClN4. The Hall–Kier alpha value is -0.610. The summed E-state index contributed by atoms with van der Waals surface area (Å²) in [6, 6.07) is 0. The zero-order chi connectivity index (χ0) is 10.9. The number of rotatable bonds is 8. The molecule has 0 radical (unpaired) electrons. The van der Waals surface area contributed by atoms with Crippen molar-refractivity contribution in [2.45, 2.75) is 39.3 Å². The van der Waals surface area contributed by atoms with E-state index < -0.39 is 0 Å². The first-order chi connectivity index (χ1) is 7.38. The van der Waals surface area contributed by atoms with Gasteiger partial charge in [0.2, 0.25) is 0 Å². The largest absolute Gasteiger partial charge is 0.310 e. The van der Waals surface area contributed by atoms with Gasteiger partial charge in [-0.3, -0.25) is 0 Å². The molecule has 0 atom stereocenters. The molecule has 0 aromatic carbocycles. The maximum Gasteiger partial charge on any atom is 0.140 e. The molecule has 0 fully saturated rings. The van der Waals surface area contributed by atoms with Crippen molar-refractivity contribution >= 4 is 11.6 Å². The van der Waals surface area contributed by atoms with Gasteiger partial charge in [0.05, 0.1) is 6.54 Å². The van der Waals surface area contributed by atoms with E-state index in [1.165, 1.54) is 12.8 Å². The smallest absolute Gasteiger partial charge is 0.140 e. The Balaban J connectivity index is 2.09. The lowest BCUT2D eigenvalue weighted by atomic mass is 10.2. The van der Waals surface area contributed by atoms with Gasteiger partial charge in [0.1, 0.15) is 12.2 Å². The third-order valence-corrected chi connectivity index (χ3v) is 2.53. The highest BCUT2D eigenvalue weighted by atomic mass is 35.5. The van der Waals surface area contributed by atoms with Crippen molar-refractivity contribution in [1.29, 1.82) is 0 Å². The first-order valence-corrected chi connectivity index (χ1v) is 6.05. The first-order valence-electron chi connectivity index (χ1n) is 5.51. The van der Waals surface area contributed by atoms with E-state index in [9.17, 15) is 0 Å². The minimum atomic E-state index is 0.768. The fourth-order valence-electron chi connectivity index (χ4n) is 1.41. The van der Waals surface area contributed by atoms with Gasteiger partial charge in [-0.1, -0.05) is 6.42 Å². The number of hydrogen-bond acceptors (Lipinski definition) is 3. The monoisotopic (exact) mass is 230 g/mol. The lowest BCUT2D eigenvalue weighted by Gasteiger charge is -2.04. The number of aromatic nitrogens is 3. The molecular weight excluding hydrogens is 212 g/mol. The Morgan fingerprint density at radius 2 is 2.27 bits per heavy atom. The molecule has 0 aliphatic rings. The topological polar surface area (TPSA) is 42.7 Å². The van der Waals surface area contributed by atoms with Crippen molar-refractivity contribution in [3.05, 3.63) is 12.2 Å². The van der Waals surface area contributed by atoms with E-state index in [2.05, 4.69) is 22.3 Å². The second-order valence-corrected chi connectivity index (χ2v) is 3.80. The van der Waals surface area contributed by atoms with Gasteiger partial charge in [-0.25, -0.2) is 9.67 Å². The van der Waals surface area contributed by atoms with Crippen LogP contribution in [0.15, 0.2) is 6.33 Å². The van der Waals surface area contributed by atoms with Crippen LogP contribution in [0.3, 0.4) is 0 Å². The van der Waals surface area contributed by atoms with Crippen molar-refractivity contribution in [3.8, 4) is 0 Å². The number of unbranched alkanes of at least 4 members (excludes halogenated alkanes) is 2. The van der Waals surface area contributed by atoms with Gasteiger partial charge in [0.25, 0.3) is 0 Å². The molecule has 0 unspecified atom stereocenters. The highest BCUT2D eigenvalue weighted by Gasteiger charge is 2.00. The molecule has 1 N–H and O–H groups in total. The molecule has 15 heavy (non-hydrogen) atoms. The SMILES string of the molecule is CCn1ncnc1CNCCCCCCl. The Bertz CT molecular complexity index is 262. The van der Waals surface area contributed by atoms with E-state index in [4.69, 9.17) is 11.6 Å². The highest BCUT2D eigenvalue weighted by Crippen LogP contribution is 1.97. The Morgan fingerprint density at radius 1 is 1.40 bits per heavy atom. The summed E-state index contributed by atoms with van der Waals surface area (Å²) in [5, 5.41) is 7.47. The maximum absolute atomic E-state index is 5.59. The van der Waals surface area contributed by atoms with E-state index in [0.717, 1.165) is 37.8 Å². The third kappa shape index (κ3) is 4.62. The Morgan fingerprint density at radius 3 is 3.00 bits per heavy atom. The van der Waals surface area contributed by atoms with Crippen LogP contribution in [0.25, 0.3) is 0 Å². The van der Waals surface area contributed by atoms with E-state index in [0.29, 0.717) is 0 Å². The van der Waals surface area contributed by atoms with Crippen LogP contribution >= 0.6 is 11.6 Å². The number of halogens is 1. The van der Waals surface area contributed by atoms with Gasteiger partial charge in [0.15, 0.2) is 0 Å². The second-order valence-electron chi connectivity index (χ2n) is 3.42. The fraction of sp³-hybridized carbons (Fsp3) is 0.800. The molecule has 1 aromatic rings. The standard InChI is InChI=1S/C10H19ClN4/c1-2-15-10(13-9-14-15)8-12-7-5-3-4-6-11/h9,12H,2-8H2,1H3. The van der Waals surface area contributed by atoms with Crippen LogP contribution in [0.2, 0.25) is 0 Å². The average molecular weight is 231 g/mol. The summed E-state index contributed by atoms with van der Waals surface area (Å²) in [6.45, 7) is 4.77. The molecule has 5 heteroatoms. The lowest BCUT2D eigenvalue weighted by Crippen LogP contribution is -2.18. The number of aryl methyl sites for hydroxylation is 1.